The highest BCUT2D eigenvalue weighted by Crippen LogP contribution is 2.26. The summed E-state index contributed by atoms with van der Waals surface area (Å²) in [6.07, 6.45) is 0. The molecule has 3 aromatic carbocycles. The van der Waals surface area contributed by atoms with Crippen molar-refractivity contribution in [2.75, 3.05) is 0 Å². The molecule has 4 aromatic rings. The lowest BCUT2D eigenvalue weighted by atomic mass is 10.1. The number of rotatable bonds is 8. The van der Waals surface area contributed by atoms with Crippen molar-refractivity contribution in [2.45, 2.75) is 37.6 Å². The van der Waals surface area contributed by atoms with Gasteiger partial charge in [-0.3, -0.25) is 9.48 Å². The Morgan fingerprint density at radius 2 is 1.68 bits per heavy atom. The van der Waals surface area contributed by atoms with Crippen molar-refractivity contribution < 1.29 is 4.79 Å². The summed E-state index contributed by atoms with van der Waals surface area (Å²) in [5.41, 5.74) is 6.64. The van der Waals surface area contributed by atoms with Gasteiger partial charge in [-0.15, -0.1) is 11.8 Å². The van der Waals surface area contributed by atoms with Crippen LogP contribution in [0, 0.1) is 25.2 Å². The van der Waals surface area contributed by atoms with Crippen LogP contribution in [0.4, 0.5) is 0 Å². The maximum atomic E-state index is 13.1. The number of thioether (sulfide) groups is 1. The first-order valence-electron chi connectivity index (χ1n) is 11.1. The van der Waals surface area contributed by atoms with Gasteiger partial charge >= 0.3 is 0 Å². The van der Waals surface area contributed by atoms with Crippen LogP contribution >= 0.6 is 11.8 Å². The number of nitrogens with one attached hydrogen (secondary N) is 1. The lowest BCUT2D eigenvalue weighted by Gasteiger charge is -2.11. The smallest absolute Gasteiger partial charge is 0.252 e. The van der Waals surface area contributed by atoms with Crippen LogP contribution in [0.5, 0.6) is 0 Å². The number of amides is 1. The van der Waals surface area contributed by atoms with E-state index in [0.717, 1.165) is 33.2 Å². The van der Waals surface area contributed by atoms with Crippen molar-refractivity contribution in [3.8, 4) is 6.07 Å². The molecule has 6 heteroatoms. The Morgan fingerprint density at radius 1 is 0.971 bits per heavy atom. The second-order valence-electron chi connectivity index (χ2n) is 8.07. The Kier molecular flexibility index (Phi) is 7.46. The fourth-order valence-electron chi connectivity index (χ4n) is 3.78. The van der Waals surface area contributed by atoms with Gasteiger partial charge in [-0.25, -0.2) is 0 Å². The maximum Gasteiger partial charge on any atom is 0.252 e. The van der Waals surface area contributed by atoms with Gasteiger partial charge in [0.25, 0.3) is 5.91 Å². The van der Waals surface area contributed by atoms with Crippen LogP contribution in [0.3, 0.4) is 0 Å². The van der Waals surface area contributed by atoms with Crippen molar-refractivity contribution in [1.82, 2.24) is 15.1 Å². The summed E-state index contributed by atoms with van der Waals surface area (Å²) in [5, 5.41) is 16.7. The van der Waals surface area contributed by atoms with Gasteiger partial charge in [-0.1, -0.05) is 54.6 Å². The molecule has 0 saturated heterocycles. The minimum atomic E-state index is -0.0995. The molecule has 0 unspecified atom stereocenters. The number of aromatic nitrogens is 2. The van der Waals surface area contributed by atoms with Crippen molar-refractivity contribution in [2.24, 2.45) is 0 Å². The lowest BCUT2D eigenvalue weighted by Crippen LogP contribution is -2.24. The first-order chi connectivity index (χ1) is 16.5. The lowest BCUT2D eigenvalue weighted by molar-refractivity contribution is 0.0948. The Morgan fingerprint density at radius 3 is 2.41 bits per heavy atom. The van der Waals surface area contributed by atoms with E-state index in [9.17, 15) is 4.79 Å². The van der Waals surface area contributed by atoms with Gasteiger partial charge < -0.3 is 5.32 Å². The third-order valence-corrected chi connectivity index (χ3v) is 6.89. The van der Waals surface area contributed by atoms with Crippen LogP contribution in [-0.4, -0.2) is 15.7 Å². The summed E-state index contributed by atoms with van der Waals surface area (Å²) in [7, 11) is 0. The molecule has 1 heterocycles. The molecular weight excluding hydrogens is 440 g/mol. The first kappa shape index (κ1) is 23.3. The van der Waals surface area contributed by atoms with Crippen molar-refractivity contribution >= 4 is 17.7 Å². The quantitative estimate of drug-likeness (QED) is 0.341. The van der Waals surface area contributed by atoms with Crippen LogP contribution in [0.25, 0.3) is 0 Å². The van der Waals surface area contributed by atoms with Crippen molar-refractivity contribution in [3.05, 3.63) is 118 Å². The standard InChI is InChI=1S/C28H26N4OS/c1-20-26(21(2)32(31-20)18-23-8-4-3-5-9-23)17-30-28(33)25-10-6-7-11-27(25)34-19-24-14-12-22(16-29)13-15-24/h3-15H,17-19H2,1-2H3,(H,30,33). The minimum absolute atomic E-state index is 0.0995. The Bertz CT molecular complexity index is 1320. The molecule has 0 aliphatic rings. The van der Waals surface area contributed by atoms with E-state index in [0.29, 0.717) is 24.2 Å². The molecule has 0 saturated carbocycles. The third-order valence-electron chi connectivity index (χ3n) is 5.74. The number of carbonyl (C=O) groups excluding carboxylic acids is 1. The van der Waals surface area contributed by atoms with E-state index < -0.39 is 0 Å². The second-order valence-corrected chi connectivity index (χ2v) is 9.09. The van der Waals surface area contributed by atoms with Crippen molar-refractivity contribution in [1.29, 1.82) is 5.26 Å². The zero-order valence-corrected chi connectivity index (χ0v) is 20.1. The Balaban J connectivity index is 1.42. The van der Waals surface area contributed by atoms with Crippen LogP contribution in [-0.2, 0) is 18.8 Å². The van der Waals surface area contributed by atoms with Crippen LogP contribution < -0.4 is 5.32 Å². The summed E-state index contributed by atoms with van der Waals surface area (Å²) in [6, 6.07) is 27.6. The molecule has 1 N–H and O–H groups in total. The fourth-order valence-corrected chi connectivity index (χ4v) is 4.79. The molecule has 0 aliphatic heterocycles. The van der Waals surface area contributed by atoms with E-state index in [1.54, 1.807) is 11.8 Å². The highest BCUT2D eigenvalue weighted by atomic mass is 32.2. The molecular formula is C28H26N4OS. The average molecular weight is 467 g/mol. The van der Waals surface area contributed by atoms with E-state index in [4.69, 9.17) is 10.4 Å². The van der Waals surface area contributed by atoms with Gasteiger partial charge in [0.1, 0.15) is 0 Å². The number of benzene rings is 3. The molecule has 1 aromatic heterocycles. The fraction of sp³-hybridized carbons (Fsp3) is 0.179. The topological polar surface area (TPSA) is 70.7 Å². The number of carbonyl (C=O) groups is 1. The Labute approximate surface area is 204 Å². The summed E-state index contributed by atoms with van der Waals surface area (Å²) >= 11 is 1.62. The maximum absolute atomic E-state index is 13.1. The van der Waals surface area contributed by atoms with Crippen LogP contribution in [0.15, 0.2) is 83.8 Å². The molecule has 0 fully saturated rings. The summed E-state index contributed by atoms with van der Waals surface area (Å²) in [6.45, 7) is 5.17. The minimum Gasteiger partial charge on any atom is -0.348 e. The molecule has 170 valence electrons. The number of nitrogens with zero attached hydrogens (tertiary/aromatic N) is 3. The number of hydrogen-bond acceptors (Lipinski definition) is 4. The third kappa shape index (κ3) is 5.56. The number of nitriles is 1. The zero-order chi connectivity index (χ0) is 23.9. The van der Waals surface area contributed by atoms with E-state index in [2.05, 4.69) is 23.5 Å². The van der Waals surface area contributed by atoms with E-state index in [-0.39, 0.29) is 5.91 Å². The van der Waals surface area contributed by atoms with E-state index >= 15 is 0 Å². The molecule has 1 amide bonds. The van der Waals surface area contributed by atoms with E-state index in [1.807, 2.05) is 85.3 Å². The van der Waals surface area contributed by atoms with Crippen LogP contribution in [0.1, 0.15) is 44.0 Å². The SMILES string of the molecule is Cc1nn(Cc2ccccc2)c(C)c1CNC(=O)c1ccccc1SCc1ccc(C#N)cc1. The molecule has 0 bridgehead atoms. The van der Waals surface area contributed by atoms with E-state index in [1.165, 1.54) is 5.56 Å². The van der Waals surface area contributed by atoms with Crippen LogP contribution in [0.2, 0.25) is 0 Å². The van der Waals surface area contributed by atoms with Gasteiger partial charge in [0.15, 0.2) is 0 Å². The van der Waals surface area contributed by atoms with Crippen molar-refractivity contribution in [3.63, 3.8) is 0 Å². The summed E-state index contributed by atoms with van der Waals surface area (Å²) in [5.74, 6) is 0.623. The highest BCUT2D eigenvalue weighted by molar-refractivity contribution is 7.98. The van der Waals surface area contributed by atoms with Gasteiger partial charge in [-0.05, 0) is 49.2 Å². The molecule has 0 spiro atoms. The average Bonchev–Trinajstić information content (AvgIpc) is 3.14. The Hall–Kier alpha value is -3.82. The number of aryl methyl sites for hydroxylation is 1. The van der Waals surface area contributed by atoms with Gasteiger partial charge in [0.2, 0.25) is 0 Å². The van der Waals surface area contributed by atoms with Gasteiger partial charge in [-0.2, -0.15) is 10.4 Å². The first-order valence-corrected chi connectivity index (χ1v) is 12.1. The molecule has 4 rings (SSSR count). The largest absolute Gasteiger partial charge is 0.348 e. The number of hydrogen-bond donors (Lipinski definition) is 1. The molecule has 34 heavy (non-hydrogen) atoms. The normalized spacial score (nSPS) is 10.6. The van der Waals surface area contributed by atoms with Gasteiger partial charge in [0, 0.05) is 28.5 Å². The second kappa shape index (κ2) is 10.9. The zero-order valence-electron chi connectivity index (χ0n) is 19.3. The molecule has 0 radical (unpaired) electrons. The van der Waals surface area contributed by atoms with Gasteiger partial charge in [0.05, 0.1) is 29.4 Å². The highest BCUT2D eigenvalue weighted by Gasteiger charge is 2.15. The summed E-state index contributed by atoms with van der Waals surface area (Å²) < 4.78 is 1.99. The predicted octanol–water partition coefficient (Wildman–Crippen LogP) is 5.64. The molecule has 0 atom stereocenters. The summed E-state index contributed by atoms with van der Waals surface area (Å²) in [4.78, 5) is 14.0. The molecule has 0 aliphatic carbocycles. The predicted molar refractivity (Wildman–Crippen MR) is 136 cm³/mol. The molecule has 5 nitrogen and oxygen atoms in total. The monoisotopic (exact) mass is 466 g/mol.